The highest BCUT2D eigenvalue weighted by Gasteiger charge is 2.24. The Morgan fingerprint density at radius 2 is 1.50 bits per heavy atom. The van der Waals surface area contributed by atoms with E-state index in [0.29, 0.717) is 0 Å². The molecule has 24 heavy (non-hydrogen) atoms. The molecule has 1 heterocycles. The van der Waals surface area contributed by atoms with E-state index in [1.54, 1.807) is 0 Å². The summed E-state index contributed by atoms with van der Waals surface area (Å²) in [5.74, 6) is 0.188. The Kier molecular flexibility index (Phi) is 13.1. The van der Waals surface area contributed by atoms with Crippen molar-refractivity contribution >= 4 is 5.91 Å². The van der Waals surface area contributed by atoms with Gasteiger partial charge < -0.3 is 10.6 Å². The van der Waals surface area contributed by atoms with E-state index in [1.807, 2.05) is 7.05 Å². The molecule has 1 unspecified atom stereocenters. The minimum absolute atomic E-state index is 0.0103. The first-order valence-electron chi connectivity index (χ1n) is 10.4. The molecule has 1 aliphatic heterocycles. The lowest BCUT2D eigenvalue weighted by Crippen LogP contribution is -2.56. The number of hydrogen-bond acceptors (Lipinski definition) is 3. The topological polar surface area (TPSA) is 44.4 Å². The third-order valence-corrected chi connectivity index (χ3v) is 5.14. The summed E-state index contributed by atoms with van der Waals surface area (Å²) in [5, 5.41) is 6.39. The number of nitrogens with zero attached hydrogens (tertiary/aromatic N) is 1. The molecule has 1 amide bonds. The van der Waals surface area contributed by atoms with Crippen molar-refractivity contribution in [3.63, 3.8) is 0 Å². The molecule has 1 rings (SSSR count). The molecular weight excluding hydrogens is 298 g/mol. The van der Waals surface area contributed by atoms with Crippen molar-refractivity contribution < 1.29 is 4.79 Å². The first kappa shape index (κ1) is 21.4. The molecule has 0 aromatic carbocycles. The maximum atomic E-state index is 12.1. The van der Waals surface area contributed by atoms with Gasteiger partial charge in [-0.15, -0.1) is 0 Å². The lowest BCUT2D eigenvalue weighted by atomic mass is 10.1. The van der Waals surface area contributed by atoms with Crippen LogP contribution in [0.1, 0.15) is 84.0 Å². The molecule has 4 nitrogen and oxygen atoms in total. The summed E-state index contributed by atoms with van der Waals surface area (Å²) in [5.41, 5.74) is 0. The predicted octanol–water partition coefficient (Wildman–Crippen LogP) is 3.71. The van der Waals surface area contributed by atoms with Crippen molar-refractivity contribution in [3.8, 4) is 0 Å². The normalized spacial score (nSPS) is 18.7. The summed E-state index contributed by atoms with van der Waals surface area (Å²) in [6, 6.07) is 0.0103. The molecule has 4 heteroatoms. The average molecular weight is 340 g/mol. The fraction of sp³-hybridized carbons (Fsp3) is 0.950. The standard InChI is InChI=1S/C20H41N3O/c1-3-4-5-6-7-8-9-10-11-12-13-14-15-22-20(24)19-18-21-16-17-23(19)2/h19,21H,3-18H2,1-2H3,(H,22,24). The van der Waals surface area contributed by atoms with Crippen LogP contribution in [0.25, 0.3) is 0 Å². The molecule has 1 fully saturated rings. The minimum atomic E-state index is 0.0103. The Balaban J connectivity index is 1.82. The van der Waals surface area contributed by atoms with Gasteiger partial charge in [-0.3, -0.25) is 9.69 Å². The molecule has 0 aromatic rings. The molecule has 1 atom stereocenters. The summed E-state index contributed by atoms with van der Waals surface area (Å²) in [7, 11) is 2.04. The van der Waals surface area contributed by atoms with Gasteiger partial charge in [-0.2, -0.15) is 0 Å². The molecule has 0 bridgehead atoms. The maximum absolute atomic E-state index is 12.1. The number of unbranched alkanes of at least 4 members (excludes halogenated alkanes) is 11. The highest BCUT2D eigenvalue weighted by Crippen LogP contribution is 2.11. The van der Waals surface area contributed by atoms with Crippen molar-refractivity contribution in [2.45, 2.75) is 90.0 Å². The van der Waals surface area contributed by atoms with Crippen LogP contribution in [0.3, 0.4) is 0 Å². The van der Waals surface area contributed by atoms with Crippen molar-refractivity contribution in [1.29, 1.82) is 0 Å². The lowest BCUT2D eigenvalue weighted by molar-refractivity contribution is -0.126. The Morgan fingerprint density at radius 1 is 0.958 bits per heavy atom. The van der Waals surface area contributed by atoms with Crippen LogP contribution in [0.2, 0.25) is 0 Å². The molecular formula is C20H41N3O. The molecule has 0 radical (unpaired) electrons. The number of likely N-dealkylation sites (N-methyl/N-ethyl adjacent to an activating group) is 1. The number of carbonyl (C=O) groups is 1. The van der Waals surface area contributed by atoms with Gasteiger partial charge in [-0.1, -0.05) is 77.6 Å². The zero-order valence-corrected chi connectivity index (χ0v) is 16.2. The van der Waals surface area contributed by atoms with Gasteiger partial charge in [-0.25, -0.2) is 0 Å². The summed E-state index contributed by atoms with van der Waals surface area (Å²) in [6.07, 6.45) is 16.3. The van der Waals surface area contributed by atoms with Gasteiger partial charge in [0.05, 0.1) is 0 Å². The highest BCUT2D eigenvalue weighted by atomic mass is 16.2. The Bertz CT molecular complexity index is 309. The molecule has 2 N–H and O–H groups in total. The fourth-order valence-corrected chi connectivity index (χ4v) is 3.39. The quantitative estimate of drug-likeness (QED) is 0.474. The van der Waals surface area contributed by atoms with Gasteiger partial charge in [0.25, 0.3) is 0 Å². The monoisotopic (exact) mass is 339 g/mol. The lowest BCUT2D eigenvalue weighted by Gasteiger charge is -2.31. The van der Waals surface area contributed by atoms with Crippen molar-refractivity contribution in [2.24, 2.45) is 0 Å². The van der Waals surface area contributed by atoms with E-state index in [-0.39, 0.29) is 11.9 Å². The number of amides is 1. The molecule has 0 saturated carbocycles. The smallest absolute Gasteiger partial charge is 0.238 e. The molecule has 0 aromatic heterocycles. The van der Waals surface area contributed by atoms with Crippen LogP contribution < -0.4 is 10.6 Å². The van der Waals surface area contributed by atoms with Gasteiger partial charge in [0, 0.05) is 26.2 Å². The van der Waals surface area contributed by atoms with E-state index in [9.17, 15) is 4.79 Å². The number of carbonyl (C=O) groups excluding carboxylic acids is 1. The van der Waals surface area contributed by atoms with Crippen LogP contribution in [-0.4, -0.2) is 50.1 Å². The second-order valence-electron chi connectivity index (χ2n) is 7.38. The average Bonchev–Trinajstić information content (AvgIpc) is 2.59. The predicted molar refractivity (Wildman–Crippen MR) is 103 cm³/mol. The van der Waals surface area contributed by atoms with Crippen molar-refractivity contribution in [3.05, 3.63) is 0 Å². The number of rotatable bonds is 14. The number of piperazine rings is 1. The SMILES string of the molecule is CCCCCCCCCCCCCCNC(=O)C1CNCCN1C. The summed E-state index contributed by atoms with van der Waals surface area (Å²) in [6.45, 7) is 5.83. The second-order valence-corrected chi connectivity index (χ2v) is 7.38. The number of hydrogen-bond donors (Lipinski definition) is 2. The van der Waals surface area contributed by atoms with Crippen LogP contribution in [0.15, 0.2) is 0 Å². The zero-order chi connectivity index (χ0) is 17.5. The molecule has 0 aliphatic carbocycles. The van der Waals surface area contributed by atoms with Crippen LogP contribution in [0.5, 0.6) is 0 Å². The second kappa shape index (κ2) is 14.7. The highest BCUT2D eigenvalue weighted by molar-refractivity contribution is 5.82. The minimum Gasteiger partial charge on any atom is -0.355 e. The Hall–Kier alpha value is -0.610. The third-order valence-electron chi connectivity index (χ3n) is 5.14. The van der Waals surface area contributed by atoms with Crippen LogP contribution in [0, 0.1) is 0 Å². The zero-order valence-electron chi connectivity index (χ0n) is 16.2. The van der Waals surface area contributed by atoms with Gasteiger partial charge in [-0.05, 0) is 13.5 Å². The van der Waals surface area contributed by atoms with E-state index in [2.05, 4.69) is 22.5 Å². The van der Waals surface area contributed by atoms with Crippen LogP contribution in [-0.2, 0) is 4.79 Å². The van der Waals surface area contributed by atoms with Crippen LogP contribution >= 0.6 is 0 Å². The molecule has 142 valence electrons. The largest absolute Gasteiger partial charge is 0.355 e. The molecule has 1 aliphatic rings. The van der Waals surface area contributed by atoms with E-state index in [4.69, 9.17) is 0 Å². The van der Waals surface area contributed by atoms with E-state index in [1.165, 1.54) is 70.6 Å². The summed E-state index contributed by atoms with van der Waals surface area (Å²) >= 11 is 0. The molecule has 1 saturated heterocycles. The first-order valence-corrected chi connectivity index (χ1v) is 10.4. The van der Waals surface area contributed by atoms with Crippen molar-refractivity contribution in [1.82, 2.24) is 15.5 Å². The van der Waals surface area contributed by atoms with Crippen LogP contribution in [0.4, 0.5) is 0 Å². The fourth-order valence-electron chi connectivity index (χ4n) is 3.39. The summed E-state index contributed by atoms with van der Waals surface area (Å²) < 4.78 is 0. The number of nitrogens with one attached hydrogen (secondary N) is 2. The van der Waals surface area contributed by atoms with Gasteiger partial charge in [0.2, 0.25) is 5.91 Å². The maximum Gasteiger partial charge on any atom is 0.238 e. The van der Waals surface area contributed by atoms with E-state index >= 15 is 0 Å². The molecule has 0 spiro atoms. The van der Waals surface area contributed by atoms with Gasteiger partial charge in [0.1, 0.15) is 6.04 Å². The summed E-state index contributed by atoms with van der Waals surface area (Å²) in [4.78, 5) is 14.3. The van der Waals surface area contributed by atoms with E-state index < -0.39 is 0 Å². The van der Waals surface area contributed by atoms with Gasteiger partial charge >= 0.3 is 0 Å². The Morgan fingerprint density at radius 3 is 2.04 bits per heavy atom. The first-order chi connectivity index (χ1) is 11.8. The van der Waals surface area contributed by atoms with E-state index in [0.717, 1.165) is 32.6 Å². The Labute approximate surface area is 150 Å². The van der Waals surface area contributed by atoms with Gasteiger partial charge in [0.15, 0.2) is 0 Å². The van der Waals surface area contributed by atoms with Crippen molar-refractivity contribution in [2.75, 3.05) is 33.2 Å². The third kappa shape index (κ3) is 10.3.